The molecular formula is C22H19N3O2. The lowest BCUT2D eigenvalue weighted by molar-refractivity contribution is 0.112. The van der Waals surface area contributed by atoms with Crippen molar-refractivity contribution in [1.29, 1.82) is 0 Å². The summed E-state index contributed by atoms with van der Waals surface area (Å²) in [4.78, 5) is 13.0. The van der Waals surface area contributed by atoms with Gasteiger partial charge in [0.2, 0.25) is 0 Å². The Morgan fingerprint density at radius 2 is 1.48 bits per heavy atom. The smallest absolute Gasteiger partial charge is 0.153 e. The maximum atomic E-state index is 11.6. The molecule has 1 N–H and O–H groups in total. The molecule has 1 aromatic heterocycles. The zero-order valence-electron chi connectivity index (χ0n) is 15.1. The maximum Gasteiger partial charge on any atom is 0.153 e. The third-order valence-electron chi connectivity index (χ3n) is 4.97. The number of hydrogen-bond donors (Lipinski definition) is 1. The Morgan fingerprint density at radius 3 is 2.07 bits per heavy atom. The third kappa shape index (κ3) is 2.87. The predicted molar refractivity (Wildman–Crippen MR) is 104 cm³/mol. The Labute approximate surface area is 156 Å². The van der Waals surface area contributed by atoms with Crippen LogP contribution in [0.4, 0.5) is 0 Å². The SMILES string of the molecule is CC(C)(c1ccccc1)c1cc(C=O)c(O)c(-n2nc3ccccc3n2)c1. The van der Waals surface area contributed by atoms with Crippen LogP contribution in [0, 0.1) is 0 Å². The summed E-state index contributed by atoms with van der Waals surface area (Å²) in [6.07, 6.45) is 0.659. The fourth-order valence-corrected chi connectivity index (χ4v) is 3.23. The van der Waals surface area contributed by atoms with E-state index in [0.717, 1.165) is 22.2 Å². The van der Waals surface area contributed by atoms with Crippen LogP contribution in [-0.4, -0.2) is 26.4 Å². The molecular weight excluding hydrogens is 338 g/mol. The first-order chi connectivity index (χ1) is 13.0. The number of fused-ring (bicyclic) bond motifs is 1. The molecule has 134 valence electrons. The minimum absolute atomic E-state index is 0.127. The summed E-state index contributed by atoms with van der Waals surface area (Å²) in [5.74, 6) is -0.127. The molecule has 0 saturated heterocycles. The summed E-state index contributed by atoms with van der Waals surface area (Å²) in [6, 6.07) is 21.1. The van der Waals surface area contributed by atoms with Gasteiger partial charge in [-0.3, -0.25) is 4.79 Å². The molecule has 0 spiro atoms. The van der Waals surface area contributed by atoms with Gasteiger partial charge in [-0.1, -0.05) is 56.3 Å². The van der Waals surface area contributed by atoms with Gasteiger partial charge >= 0.3 is 0 Å². The summed E-state index contributed by atoms with van der Waals surface area (Å²) < 4.78 is 0. The second-order valence-corrected chi connectivity index (χ2v) is 7.02. The molecule has 0 saturated carbocycles. The van der Waals surface area contributed by atoms with E-state index in [-0.39, 0.29) is 16.7 Å². The average molecular weight is 357 g/mol. The van der Waals surface area contributed by atoms with Crippen molar-refractivity contribution in [1.82, 2.24) is 15.0 Å². The molecule has 0 bridgehead atoms. The van der Waals surface area contributed by atoms with E-state index in [4.69, 9.17) is 0 Å². The highest BCUT2D eigenvalue weighted by molar-refractivity contribution is 5.83. The number of aromatic hydroxyl groups is 1. The number of hydrogen-bond acceptors (Lipinski definition) is 4. The van der Waals surface area contributed by atoms with E-state index in [9.17, 15) is 9.90 Å². The van der Waals surface area contributed by atoms with Crippen molar-refractivity contribution in [2.75, 3.05) is 0 Å². The Balaban J connectivity index is 1.92. The van der Waals surface area contributed by atoms with Crippen LogP contribution in [0.1, 0.15) is 35.3 Å². The molecule has 5 heteroatoms. The number of rotatable bonds is 4. The van der Waals surface area contributed by atoms with E-state index in [1.807, 2.05) is 60.7 Å². The normalized spacial score (nSPS) is 11.6. The van der Waals surface area contributed by atoms with Gasteiger partial charge in [0.05, 0.1) is 5.56 Å². The maximum absolute atomic E-state index is 11.6. The van der Waals surface area contributed by atoms with Gasteiger partial charge in [0.25, 0.3) is 0 Å². The molecule has 4 rings (SSSR count). The zero-order valence-corrected chi connectivity index (χ0v) is 15.1. The molecule has 0 radical (unpaired) electrons. The molecule has 0 aliphatic heterocycles. The molecule has 3 aromatic carbocycles. The lowest BCUT2D eigenvalue weighted by Gasteiger charge is -2.27. The molecule has 0 unspecified atom stereocenters. The summed E-state index contributed by atoms with van der Waals surface area (Å²) in [5.41, 5.74) is 3.67. The van der Waals surface area contributed by atoms with Crippen LogP contribution in [0.2, 0.25) is 0 Å². The Bertz CT molecular complexity index is 1100. The van der Waals surface area contributed by atoms with Crippen molar-refractivity contribution in [3.63, 3.8) is 0 Å². The quantitative estimate of drug-likeness (QED) is 0.554. The number of benzene rings is 3. The van der Waals surface area contributed by atoms with Crippen LogP contribution in [0.15, 0.2) is 66.7 Å². The summed E-state index contributed by atoms with van der Waals surface area (Å²) in [7, 11) is 0. The highest BCUT2D eigenvalue weighted by Crippen LogP contribution is 2.36. The average Bonchev–Trinajstić information content (AvgIpc) is 3.12. The number of nitrogens with zero attached hydrogens (tertiary/aromatic N) is 3. The highest BCUT2D eigenvalue weighted by Gasteiger charge is 2.26. The van der Waals surface area contributed by atoms with Crippen molar-refractivity contribution >= 4 is 17.3 Å². The van der Waals surface area contributed by atoms with Gasteiger partial charge in [0, 0.05) is 5.41 Å². The fourth-order valence-electron chi connectivity index (χ4n) is 3.23. The Kier molecular flexibility index (Phi) is 4.00. The summed E-state index contributed by atoms with van der Waals surface area (Å²) >= 11 is 0. The van der Waals surface area contributed by atoms with Crippen molar-refractivity contribution in [3.05, 3.63) is 83.4 Å². The number of carbonyl (C=O) groups is 1. The molecule has 0 amide bonds. The van der Waals surface area contributed by atoms with Gasteiger partial charge in [-0.15, -0.1) is 15.0 Å². The van der Waals surface area contributed by atoms with Crippen molar-refractivity contribution in [2.45, 2.75) is 19.3 Å². The first kappa shape index (κ1) is 17.0. The van der Waals surface area contributed by atoms with E-state index < -0.39 is 0 Å². The third-order valence-corrected chi connectivity index (χ3v) is 4.97. The second kappa shape index (κ2) is 6.36. The van der Waals surface area contributed by atoms with Crippen LogP contribution in [0.5, 0.6) is 5.75 Å². The number of phenolic OH excluding ortho intramolecular Hbond substituents is 1. The Hall–Kier alpha value is -3.47. The minimum atomic E-state index is -0.367. The Morgan fingerprint density at radius 1 is 0.889 bits per heavy atom. The van der Waals surface area contributed by atoms with Gasteiger partial charge in [-0.25, -0.2) is 0 Å². The molecule has 1 heterocycles. The molecule has 0 atom stereocenters. The van der Waals surface area contributed by atoms with Crippen molar-refractivity contribution < 1.29 is 9.90 Å². The van der Waals surface area contributed by atoms with Gasteiger partial charge < -0.3 is 5.11 Å². The molecule has 0 fully saturated rings. The second-order valence-electron chi connectivity index (χ2n) is 7.02. The van der Waals surface area contributed by atoms with Crippen LogP contribution >= 0.6 is 0 Å². The molecule has 0 aliphatic rings. The summed E-state index contributed by atoms with van der Waals surface area (Å²) in [6.45, 7) is 4.17. The van der Waals surface area contributed by atoms with E-state index in [2.05, 4.69) is 24.0 Å². The fraction of sp³-hybridized carbons (Fsp3) is 0.136. The number of carbonyl (C=O) groups excluding carboxylic acids is 1. The van der Waals surface area contributed by atoms with Gasteiger partial charge in [0.15, 0.2) is 12.0 Å². The molecule has 27 heavy (non-hydrogen) atoms. The monoisotopic (exact) mass is 357 g/mol. The summed E-state index contributed by atoms with van der Waals surface area (Å²) in [5, 5.41) is 19.5. The van der Waals surface area contributed by atoms with Crippen LogP contribution < -0.4 is 0 Å². The van der Waals surface area contributed by atoms with Gasteiger partial charge in [0.1, 0.15) is 16.7 Å². The van der Waals surface area contributed by atoms with Gasteiger partial charge in [-0.2, -0.15) is 0 Å². The number of aromatic nitrogens is 3. The van der Waals surface area contributed by atoms with Crippen LogP contribution in [0.3, 0.4) is 0 Å². The number of phenols is 1. The van der Waals surface area contributed by atoms with E-state index >= 15 is 0 Å². The topological polar surface area (TPSA) is 68.0 Å². The van der Waals surface area contributed by atoms with E-state index in [1.54, 1.807) is 6.07 Å². The zero-order chi connectivity index (χ0) is 19.0. The number of aldehydes is 1. The predicted octanol–water partition coefficient (Wildman–Crippen LogP) is 4.26. The lowest BCUT2D eigenvalue weighted by Crippen LogP contribution is -2.20. The lowest BCUT2D eigenvalue weighted by atomic mass is 9.77. The van der Waals surface area contributed by atoms with E-state index in [0.29, 0.717) is 12.0 Å². The highest BCUT2D eigenvalue weighted by atomic mass is 16.3. The van der Waals surface area contributed by atoms with Crippen LogP contribution in [0.25, 0.3) is 16.7 Å². The first-order valence-electron chi connectivity index (χ1n) is 8.71. The molecule has 0 aliphatic carbocycles. The molecule has 4 aromatic rings. The molecule has 5 nitrogen and oxygen atoms in total. The van der Waals surface area contributed by atoms with Crippen molar-refractivity contribution in [2.24, 2.45) is 0 Å². The minimum Gasteiger partial charge on any atom is -0.505 e. The van der Waals surface area contributed by atoms with Crippen LogP contribution in [-0.2, 0) is 5.41 Å². The largest absolute Gasteiger partial charge is 0.505 e. The first-order valence-corrected chi connectivity index (χ1v) is 8.71. The van der Waals surface area contributed by atoms with Crippen molar-refractivity contribution in [3.8, 4) is 11.4 Å². The van der Waals surface area contributed by atoms with Gasteiger partial charge in [-0.05, 0) is 35.4 Å². The van der Waals surface area contributed by atoms with E-state index in [1.165, 1.54) is 4.80 Å². The standard InChI is InChI=1S/C22H19N3O2/c1-22(2,16-8-4-3-5-9-16)17-12-15(14-26)21(27)20(13-17)25-23-18-10-6-7-11-19(18)24-25/h3-14,27H,1-2H3.